The number of nitrogens with one attached hydrogen (secondary N) is 1. The van der Waals surface area contributed by atoms with E-state index in [2.05, 4.69) is 5.32 Å². The third-order valence-corrected chi connectivity index (χ3v) is 5.98. The average molecular weight is 431 g/mol. The lowest BCUT2D eigenvalue weighted by molar-refractivity contribution is -0.122. The summed E-state index contributed by atoms with van der Waals surface area (Å²) in [6, 6.07) is 11.3. The zero-order valence-corrected chi connectivity index (χ0v) is 17.5. The number of aryl methyl sites for hydroxylation is 1. The van der Waals surface area contributed by atoms with Crippen LogP contribution in [0.1, 0.15) is 21.5 Å². The van der Waals surface area contributed by atoms with Crippen molar-refractivity contribution in [1.29, 1.82) is 0 Å². The third-order valence-electron chi connectivity index (χ3n) is 4.35. The highest BCUT2D eigenvalue weighted by atomic mass is 32.2. The van der Waals surface area contributed by atoms with E-state index in [0.717, 1.165) is 27.1 Å². The molecule has 0 atom stereocenters. The van der Waals surface area contributed by atoms with Crippen LogP contribution in [0.3, 0.4) is 0 Å². The minimum atomic E-state index is -0.417. The molecule has 1 saturated heterocycles. The van der Waals surface area contributed by atoms with Crippen molar-refractivity contribution in [2.24, 2.45) is 0 Å². The van der Waals surface area contributed by atoms with Gasteiger partial charge in [-0.15, -0.1) is 11.8 Å². The lowest BCUT2D eigenvalue weighted by Crippen LogP contribution is -2.37. The largest absolute Gasteiger partial charge is 0.350 e. The number of halogens is 1. The van der Waals surface area contributed by atoms with Gasteiger partial charge in [-0.2, -0.15) is 0 Å². The predicted octanol–water partition coefficient (Wildman–Crippen LogP) is 4.32. The lowest BCUT2D eigenvalue weighted by Gasteiger charge is -2.14. The molecule has 0 aromatic heterocycles. The molecule has 0 unspecified atom stereocenters. The normalized spacial score (nSPS) is 15.3. The fourth-order valence-electron chi connectivity index (χ4n) is 2.75. The Balaban J connectivity index is 1.61. The molecular formula is C21H19FN2O3S2. The molecule has 2 aromatic rings. The Morgan fingerprint density at radius 1 is 1.21 bits per heavy atom. The fourth-order valence-corrected chi connectivity index (χ4v) is 4.06. The maximum atomic E-state index is 13.0. The first-order chi connectivity index (χ1) is 13.9. The van der Waals surface area contributed by atoms with Crippen LogP contribution < -0.4 is 5.32 Å². The molecule has 0 radical (unpaired) electrons. The van der Waals surface area contributed by atoms with E-state index >= 15 is 0 Å². The van der Waals surface area contributed by atoms with E-state index < -0.39 is 11.1 Å². The van der Waals surface area contributed by atoms with E-state index in [9.17, 15) is 18.8 Å². The number of carbonyl (C=O) groups is 3. The Morgan fingerprint density at radius 3 is 2.62 bits per heavy atom. The second-order valence-corrected chi connectivity index (χ2v) is 8.19. The number of imide groups is 1. The molecule has 1 N–H and O–H groups in total. The molecule has 2 aromatic carbocycles. The summed E-state index contributed by atoms with van der Waals surface area (Å²) in [6.45, 7) is 2.10. The van der Waals surface area contributed by atoms with Gasteiger partial charge in [0.15, 0.2) is 0 Å². The maximum absolute atomic E-state index is 13.0. The van der Waals surface area contributed by atoms with E-state index in [-0.39, 0.29) is 29.7 Å². The molecule has 3 amide bonds. The van der Waals surface area contributed by atoms with Crippen molar-refractivity contribution in [1.82, 2.24) is 10.2 Å². The zero-order chi connectivity index (χ0) is 21.0. The molecule has 8 heteroatoms. The standard InChI is InChI=1S/C21H19FN2O3S2/c1-13-3-8-16(28-2)12-17(13)19(25)23-9-10-24-20(26)18(29-21(24)27)11-14-4-6-15(22)7-5-14/h3-8,11-12H,9-10H2,1-2H3,(H,23,25)/b18-11-. The second-order valence-electron chi connectivity index (χ2n) is 6.32. The van der Waals surface area contributed by atoms with Gasteiger partial charge in [-0.25, -0.2) is 4.39 Å². The van der Waals surface area contributed by atoms with Crippen molar-refractivity contribution >= 4 is 46.7 Å². The van der Waals surface area contributed by atoms with Gasteiger partial charge in [-0.1, -0.05) is 18.2 Å². The van der Waals surface area contributed by atoms with Crippen LogP contribution in [0.2, 0.25) is 0 Å². The molecule has 0 bridgehead atoms. The predicted molar refractivity (Wildman–Crippen MR) is 114 cm³/mol. The van der Waals surface area contributed by atoms with Gasteiger partial charge in [0.1, 0.15) is 5.82 Å². The van der Waals surface area contributed by atoms with Crippen LogP contribution in [0.25, 0.3) is 6.08 Å². The molecule has 29 heavy (non-hydrogen) atoms. The van der Waals surface area contributed by atoms with Crippen molar-refractivity contribution in [3.8, 4) is 0 Å². The first-order valence-corrected chi connectivity index (χ1v) is 10.9. The summed E-state index contributed by atoms with van der Waals surface area (Å²) in [5.41, 5.74) is 2.06. The zero-order valence-electron chi connectivity index (χ0n) is 15.9. The number of thioether (sulfide) groups is 2. The van der Waals surface area contributed by atoms with Crippen LogP contribution >= 0.6 is 23.5 Å². The highest BCUT2D eigenvalue weighted by Crippen LogP contribution is 2.31. The smallest absolute Gasteiger partial charge is 0.293 e. The van der Waals surface area contributed by atoms with Crippen molar-refractivity contribution in [2.45, 2.75) is 11.8 Å². The molecule has 1 aliphatic rings. The van der Waals surface area contributed by atoms with Crippen LogP contribution in [0, 0.1) is 12.7 Å². The molecule has 0 saturated carbocycles. The molecule has 1 aliphatic heterocycles. The third kappa shape index (κ3) is 5.07. The van der Waals surface area contributed by atoms with Crippen LogP contribution in [-0.4, -0.2) is 41.3 Å². The first-order valence-electron chi connectivity index (χ1n) is 8.83. The quantitative estimate of drug-likeness (QED) is 0.546. The van der Waals surface area contributed by atoms with Crippen LogP contribution in [0.5, 0.6) is 0 Å². The Bertz CT molecular complexity index is 990. The van der Waals surface area contributed by atoms with Crippen molar-refractivity contribution in [3.63, 3.8) is 0 Å². The van der Waals surface area contributed by atoms with Gasteiger partial charge < -0.3 is 5.32 Å². The monoisotopic (exact) mass is 430 g/mol. The molecule has 3 rings (SSSR count). The molecule has 150 valence electrons. The molecule has 0 aliphatic carbocycles. The molecule has 1 heterocycles. The fraction of sp³-hybridized carbons (Fsp3) is 0.190. The molecule has 1 fully saturated rings. The molecule has 0 spiro atoms. The topological polar surface area (TPSA) is 66.5 Å². The highest BCUT2D eigenvalue weighted by molar-refractivity contribution is 8.18. The van der Waals surface area contributed by atoms with Gasteiger partial charge in [-0.3, -0.25) is 19.3 Å². The van der Waals surface area contributed by atoms with E-state index in [1.165, 1.54) is 24.3 Å². The van der Waals surface area contributed by atoms with Crippen molar-refractivity contribution < 1.29 is 18.8 Å². The number of hydrogen-bond acceptors (Lipinski definition) is 5. The van der Waals surface area contributed by atoms with Crippen molar-refractivity contribution in [3.05, 3.63) is 69.9 Å². The average Bonchev–Trinajstić information content (AvgIpc) is 2.97. The highest BCUT2D eigenvalue weighted by Gasteiger charge is 2.34. The number of benzene rings is 2. The Labute approximate surface area is 176 Å². The van der Waals surface area contributed by atoms with Crippen LogP contribution in [0.4, 0.5) is 9.18 Å². The van der Waals surface area contributed by atoms with E-state index in [1.807, 2.05) is 31.4 Å². The Morgan fingerprint density at radius 2 is 1.93 bits per heavy atom. The Kier molecular flexibility index (Phi) is 6.76. The number of carbonyl (C=O) groups excluding carboxylic acids is 3. The number of amides is 3. The van der Waals surface area contributed by atoms with Crippen LogP contribution in [-0.2, 0) is 4.79 Å². The summed E-state index contributed by atoms with van der Waals surface area (Å²) in [7, 11) is 0. The van der Waals surface area contributed by atoms with E-state index in [4.69, 9.17) is 0 Å². The Hall–Kier alpha value is -2.58. The van der Waals surface area contributed by atoms with Gasteiger partial charge in [-0.05, 0) is 66.4 Å². The minimum Gasteiger partial charge on any atom is -0.350 e. The SMILES string of the molecule is CSc1ccc(C)c(C(=O)NCCN2C(=O)S/C(=C\c3ccc(F)cc3)C2=O)c1. The van der Waals surface area contributed by atoms with Crippen molar-refractivity contribution in [2.75, 3.05) is 19.3 Å². The summed E-state index contributed by atoms with van der Waals surface area (Å²) in [5.74, 6) is -1.03. The molecule has 5 nitrogen and oxygen atoms in total. The number of rotatable bonds is 6. The van der Waals surface area contributed by atoms with Gasteiger partial charge in [0.25, 0.3) is 17.1 Å². The van der Waals surface area contributed by atoms with Gasteiger partial charge >= 0.3 is 0 Å². The van der Waals surface area contributed by atoms with Gasteiger partial charge in [0.2, 0.25) is 0 Å². The van der Waals surface area contributed by atoms with E-state index in [0.29, 0.717) is 11.1 Å². The van der Waals surface area contributed by atoms with Gasteiger partial charge in [0.05, 0.1) is 4.91 Å². The lowest BCUT2D eigenvalue weighted by atomic mass is 10.1. The second kappa shape index (κ2) is 9.28. The maximum Gasteiger partial charge on any atom is 0.293 e. The summed E-state index contributed by atoms with van der Waals surface area (Å²) in [4.78, 5) is 39.5. The molecular weight excluding hydrogens is 411 g/mol. The number of hydrogen-bond donors (Lipinski definition) is 1. The van der Waals surface area contributed by atoms with Crippen LogP contribution in [0.15, 0.2) is 52.3 Å². The minimum absolute atomic E-state index is 0.0818. The van der Waals surface area contributed by atoms with Gasteiger partial charge in [0, 0.05) is 23.5 Å². The summed E-state index contributed by atoms with van der Waals surface area (Å²) < 4.78 is 13.0. The first kappa shape index (κ1) is 21.1. The number of nitrogens with zero attached hydrogens (tertiary/aromatic N) is 1. The summed E-state index contributed by atoms with van der Waals surface area (Å²) in [5, 5.41) is 2.37. The van der Waals surface area contributed by atoms with E-state index in [1.54, 1.807) is 17.8 Å². The summed E-state index contributed by atoms with van der Waals surface area (Å²) >= 11 is 2.38. The summed E-state index contributed by atoms with van der Waals surface area (Å²) in [6.07, 6.45) is 3.49.